The third-order valence-corrected chi connectivity index (χ3v) is 4.93. The summed E-state index contributed by atoms with van der Waals surface area (Å²) in [6, 6.07) is 0.794. The van der Waals surface area contributed by atoms with Gasteiger partial charge in [-0.25, -0.2) is 9.18 Å². The molecule has 0 spiro atoms. The van der Waals surface area contributed by atoms with Crippen molar-refractivity contribution in [3.05, 3.63) is 41.2 Å². The highest BCUT2D eigenvalue weighted by Crippen LogP contribution is 2.30. The second-order valence-corrected chi connectivity index (χ2v) is 7.50. The third kappa shape index (κ3) is 7.99. The van der Waals surface area contributed by atoms with Crippen LogP contribution in [-0.4, -0.2) is 31.2 Å². The maximum atomic E-state index is 14.0. The topological polar surface area (TPSA) is 46.6 Å². The normalized spacial score (nSPS) is 12.8. The number of nitrogens with zero attached hydrogens (tertiary/aromatic N) is 1. The van der Waals surface area contributed by atoms with Crippen molar-refractivity contribution in [2.75, 3.05) is 12.0 Å². The van der Waals surface area contributed by atoms with Crippen molar-refractivity contribution in [1.82, 2.24) is 0 Å². The van der Waals surface area contributed by atoms with Gasteiger partial charge in [-0.1, -0.05) is 31.9 Å². The van der Waals surface area contributed by atoms with Crippen molar-refractivity contribution in [2.24, 2.45) is 0 Å². The van der Waals surface area contributed by atoms with Gasteiger partial charge in [0.1, 0.15) is 11.9 Å². The number of alkyl halides is 3. The second kappa shape index (κ2) is 12.5. The molecule has 174 valence electrons. The van der Waals surface area contributed by atoms with Gasteiger partial charge in [-0.2, -0.15) is 13.2 Å². The van der Waals surface area contributed by atoms with Crippen molar-refractivity contribution < 1.29 is 31.9 Å². The fourth-order valence-electron chi connectivity index (χ4n) is 3.30. The number of hydrogen-bond acceptors (Lipinski definition) is 3. The highest BCUT2D eigenvalue weighted by molar-refractivity contribution is 6.02. The fourth-order valence-corrected chi connectivity index (χ4v) is 3.30. The molecule has 1 atom stereocenters. The summed E-state index contributed by atoms with van der Waals surface area (Å²) in [5.74, 6) is -3.72. The van der Waals surface area contributed by atoms with Crippen LogP contribution in [0.3, 0.4) is 0 Å². The zero-order valence-electron chi connectivity index (χ0n) is 18.5. The maximum absolute atomic E-state index is 14.0. The molecule has 0 unspecified atom stereocenters. The molecule has 0 saturated carbocycles. The Morgan fingerprint density at radius 3 is 2.10 bits per heavy atom. The van der Waals surface area contributed by atoms with Gasteiger partial charge < -0.3 is 4.74 Å². The molecule has 0 heterocycles. The first-order valence-electron chi connectivity index (χ1n) is 10.4. The number of allylic oxidation sites excluding steroid dienone is 2. The molecule has 1 aromatic rings. The first-order valence-corrected chi connectivity index (χ1v) is 10.4. The first-order chi connectivity index (χ1) is 14.5. The molecule has 1 amide bonds. The van der Waals surface area contributed by atoms with Crippen molar-refractivity contribution in [1.29, 1.82) is 0 Å². The number of aryl methyl sites for hydroxylation is 2. The number of carbonyl (C=O) groups excluding carboxylic acids is 2. The predicted molar refractivity (Wildman–Crippen MR) is 112 cm³/mol. The Hall–Kier alpha value is -2.38. The number of unbranched alkanes of at least 4 members (excludes halogenated alkanes) is 4. The maximum Gasteiger partial charge on any atom is 0.471 e. The number of methoxy groups -OCH3 is 1. The number of amides is 1. The van der Waals surface area contributed by atoms with Gasteiger partial charge in [-0.15, -0.1) is 0 Å². The smallest absolute Gasteiger partial charge is 0.467 e. The zero-order valence-corrected chi connectivity index (χ0v) is 18.5. The van der Waals surface area contributed by atoms with Crippen LogP contribution in [0, 0.1) is 19.7 Å². The van der Waals surface area contributed by atoms with Crippen LogP contribution in [0.15, 0.2) is 24.3 Å². The summed E-state index contributed by atoms with van der Waals surface area (Å²) in [4.78, 5) is 25.0. The van der Waals surface area contributed by atoms with Crippen LogP contribution >= 0.6 is 0 Å². The Morgan fingerprint density at radius 1 is 1.06 bits per heavy atom. The van der Waals surface area contributed by atoms with E-state index in [1.807, 2.05) is 12.2 Å². The molecule has 0 aromatic heterocycles. The summed E-state index contributed by atoms with van der Waals surface area (Å²) in [6.07, 6.45) is 3.85. The van der Waals surface area contributed by atoms with Crippen LogP contribution < -0.4 is 4.90 Å². The van der Waals surface area contributed by atoms with Gasteiger partial charge in [0.2, 0.25) is 0 Å². The van der Waals surface area contributed by atoms with Crippen LogP contribution in [-0.2, 0) is 14.3 Å². The molecule has 1 aromatic carbocycles. The molecule has 0 N–H and O–H groups in total. The molecule has 0 radical (unpaired) electrons. The molecule has 0 aliphatic rings. The Bertz CT molecular complexity index is 752. The van der Waals surface area contributed by atoms with E-state index in [4.69, 9.17) is 4.74 Å². The van der Waals surface area contributed by atoms with Crippen molar-refractivity contribution in [3.8, 4) is 0 Å². The lowest BCUT2D eigenvalue weighted by molar-refractivity contribution is -0.172. The summed E-state index contributed by atoms with van der Waals surface area (Å²) < 4.78 is 58.8. The van der Waals surface area contributed by atoms with Gasteiger partial charge in [0.15, 0.2) is 0 Å². The Kier molecular flexibility index (Phi) is 10.7. The molecular formula is C23H31F4NO3. The summed E-state index contributed by atoms with van der Waals surface area (Å²) >= 11 is 0. The van der Waals surface area contributed by atoms with Gasteiger partial charge in [-0.3, -0.25) is 9.69 Å². The van der Waals surface area contributed by atoms with Crippen LogP contribution in [0.5, 0.6) is 0 Å². The van der Waals surface area contributed by atoms with Gasteiger partial charge in [-0.05, 0) is 69.2 Å². The molecular weight excluding hydrogens is 414 g/mol. The van der Waals surface area contributed by atoms with E-state index in [1.165, 1.54) is 13.8 Å². The Balaban J connectivity index is 3.14. The summed E-state index contributed by atoms with van der Waals surface area (Å²) in [6.45, 7) is 4.88. The highest BCUT2D eigenvalue weighted by atomic mass is 19.4. The molecule has 0 fully saturated rings. The molecule has 4 nitrogen and oxygen atoms in total. The molecule has 8 heteroatoms. The molecule has 0 aliphatic heterocycles. The number of ether oxygens (including phenoxy) is 1. The van der Waals surface area contributed by atoms with Crippen LogP contribution in [0.25, 0.3) is 0 Å². The van der Waals surface area contributed by atoms with E-state index < -0.39 is 29.9 Å². The molecule has 0 aliphatic carbocycles. The van der Waals surface area contributed by atoms with E-state index in [1.54, 1.807) is 0 Å². The van der Waals surface area contributed by atoms with Crippen molar-refractivity contribution in [2.45, 2.75) is 77.9 Å². The molecule has 31 heavy (non-hydrogen) atoms. The standard InChI is InChI=1S/C23H31F4NO3/c1-5-6-7-8-9-10-11-12-13-19(21(29)31-4)28(22(30)23(25,26)27)18-14-16(2)20(24)17(3)15-18/h9-10,14-15,19H,5-8,11-13H2,1-4H3/b10-9+/t19-/m1/s1. The van der Waals surface area contributed by atoms with Gasteiger partial charge in [0, 0.05) is 5.69 Å². The Labute approximate surface area is 181 Å². The minimum absolute atomic E-state index is 0.0245. The number of carbonyl (C=O) groups is 2. The minimum atomic E-state index is -5.21. The highest BCUT2D eigenvalue weighted by Gasteiger charge is 2.47. The average molecular weight is 445 g/mol. The number of rotatable bonds is 11. The van der Waals surface area contributed by atoms with Gasteiger partial charge >= 0.3 is 18.1 Å². The van der Waals surface area contributed by atoms with Gasteiger partial charge in [0.05, 0.1) is 7.11 Å². The fraction of sp³-hybridized carbons (Fsp3) is 0.565. The van der Waals surface area contributed by atoms with Crippen molar-refractivity contribution in [3.63, 3.8) is 0 Å². The first kappa shape index (κ1) is 26.7. The van der Waals surface area contributed by atoms with E-state index in [2.05, 4.69) is 6.92 Å². The molecule has 0 bridgehead atoms. The summed E-state index contributed by atoms with van der Waals surface area (Å²) in [7, 11) is 1.06. The monoisotopic (exact) mass is 445 g/mol. The largest absolute Gasteiger partial charge is 0.471 e. The van der Waals surface area contributed by atoms with Crippen LogP contribution in [0.1, 0.15) is 63.0 Å². The summed E-state index contributed by atoms with van der Waals surface area (Å²) in [5.41, 5.74) is -0.0357. The predicted octanol–water partition coefficient (Wildman–Crippen LogP) is 6.19. The number of hydrogen-bond donors (Lipinski definition) is 0. The third-order valence-electron chi connectivity index (χ3n) is 4.93. The van der Waals surface area contributed by atoms with Crippen LogP contribution in [0.2, 0.25) is 0 Å². The quantitative estimate of drug-likeness (QED) is 0.177. The Morgan fingerprint density at radius 2 is 1.61 bits per heavy atom. The van der Waals surface area contributed by atoms with Crippen LogP contribution in [0.4, 0.5) is 23.2 Å². The van der Waals surface area contributed by atoms with E-state index in [0.29, 0.717) is 17.7 Å². The van der Waals surface area contributed by atoms with E-state index in [-0.39, 0.29) is 23.2 Å². The number of halogens is 4. The molecule has 0 saturated heterocycles. The minimum Gasteiger partial charge on any atom is -0.467 e. The zero-order chi connectivity index (χ0) is 23.6. The number of anilines is 1. The number of benzene rings is 1. The SMILES string of the molecule is CCCCC/C=C/CCC[C@H](C(=O)OC)N(C(=O)C(F)(F)F)c1cc(C)c(F)c(C)c1. The number of esters is 1. The lowest BCUT2D eigenvalue weighted by atomic mass is 10.0. The van der Waals surface area contributed by atoms with Gasteiger partial charge in [0.25, 0.3) is 0 Å². The molecule has 1 rings (SSSR count). The lowest BCUT2D eigenvalue weighted by Crippen LogP contribution is -2.51. The van der Waals surface area contributed by atoms with E-state index >= 15 is 0 Å². The summed E-state index contributed by atoms with van der Waals surface area (Å²) in [5, 5.41) is 0. The second-order valence-electron chi connectivity index (χ2n) is 7.50. The lowest BCUT2D eigenvalue weighted by Gasteiger charge is -2.31. The van der Waals surface area contributed by atoms with E-state index in [0.717, 1.165) is 44.9 Å². The van der Waals surface area contributed by atoms with Crippen molar-refractivity contribution >= 4 is 17.6 Å². The van der Waals surface area contributed by atoms with E-state index in [9.17, 15) is 27.2 Å². The average Bonchev–Trinajstić information content (AvgIpc) is 2.71.